The number of aromatic nitrogens is 2. The predicted octanol–water partition coefficient (Wildman–Crippen LogP) is 0.120. The zero-order chi connectivity index (χ0) is 11.8. The van der Waals surface area contributed by atoms with E-state index in [0.29, 0.717) is 38.1 Å². The van der Waals surface area contributed by atoms with Crippen molar-refractivity contribution in [3.8, 4) is 5.88 Å². The summed E-state index contributed by atoms with van der Waals surface area (Å²) in [4.78, 5) is 17.6. The molecular formula is C10H16N2O4. The number of rotatable bonds is 7. The summed E-state index contributed by atoms with van der Waals surface area (Å²) < 4.78 is 15.3. The Morgan fingerprint density at radius 1 is 1.31 bits per heavy atom. The number of hydrogen-bond acceptors (Lipinski definition) is 5. The fourth-order valence-electron chi connectivity index (χ4n) is 1.08. The van der Waals surface area contributed by atoms with E-state index in [0.717, 1.165) is 0 Å². The van der Waals surface area contributed by atoms with Crippen molar-refractivity contribution in [3.05, 3.63) is 22.2 Å². The lowest BCUT2D eigenvalue weighted by Crippen LogP contribution is -2.13. The van der Waals surface area contributed by atoms with Crippen LogP contribution in [0.25, 0.3) is 0 Å². The van der Waals surface area contributed by atoms with Gasteiger partial charge >= 0.3 is 0 Å². The lowest BCUT2D eigenvalue weighted by molar-refractivity contribution is 0.0536. The number of methoxy groups -OCH3 is 1. The van der Waals surface area contributed by atoms with Crippen molar-refractivity contribution in [2.24, 2.45) is 0 Å². The van der Waals surface area contributed by atoms with Gasteiger partial charge in [-0.2, -0.15) is 0 Å². The van der Waals surface area contributed by atoms with Crippen LogP contribution in [-0.4, -0.2) is 43.5 Å². The maximum absolute atomic E-state index is 11.1. The third-order valence-electron chi connectivity index (χ3n) is 1.75. The van der Waals surface area contributed by atoms with E-state index >= 15 is 0 Å². The number of ether oxygens (including phenoxy) is 3. The molecular weight excluding hydrogens is 212 g/mol. The van der Waals surface area contributed by atoms with Gasteiger partial charge in [0.25, 0.3) is 5.56 Å². The quantitative estimate of drug-likeness (QED) is 0.671. The van der Waals surface area contributed by atoms with E-state index in [2.05, 4.69) is 9.97 Å². The first-order valence-corrected chi connectivity index (χ1v) is 5.00. The lowest BCUT2D eigenvalue weighted by atomic mass is 10.5. The zero-order valence-corrected chi connectivity index (χ0v) is 9.49. The topological polar surface area (TPSA) is 73.4 Å². The normalized spacial score (nSPS) is 10.4. The molecule has 0 bridgehead atoms. The summed E-state index contributed by atoms with van der Waals surface area (Å²) in [5.74, 6) is 0.847. The fraction of sp³-hybridized carbons (Fsp3) is 0.600. The van der Waals surface area contributed by atoms with Crippen LogP contribution in [0.3, 0.4) is 0 Å². The van der Waals surface area contributed by atoms with Crippen molar-refractivity contribution in [3.63, 3.8) is 0 Å². The molecule has 0 atom stereocenters. The fourth-order valence-corrected chi connectivity index (χ4v) is 1.08. The molecule has 6 nitrogen and oxygen atoms in total. The van der Waals surface area contributed by atoms with Crippen LogP contribution in [0.2, 0.25) is 0 Å². The summed E-state index contributed by atoms with van der Waals surface area (Å²) in [7, 11) is 1.61. The first kappa shape index (κ1) is 12.7. The van der Waals surface area contributed by atoms with Gasteiger partial charge in [-0.15, -0.1) is 0 Å². The summed E-state index contributed by atoms with van der Waals surface area (Å²) in [6.45, 7) is 3.59. The molecule has 0 radical (unpaired) electrons. The van der Waals surface area contributed by atoms with Crippen molar-refractivity contribution in [1.82, 2.24) is 9.97 Å². The monoisotopic (exact) mass is 228 g/mol. The summed E-state index contributed by atoms with van der Waals surface area (Å²) in [6.07, 6.45) is 0. The maximum atomic E-state index is 11.1. The average molecular weight is 228 g/mol. The van der Waals surface area contributed by atoms with Crippen molar-refractivity contribution >= 4 is 0 Å². The lowest BCUT2D eigenvalue weighted by Gasteiger charge is -2.06. The predicted molar refractivity (Wildman–Crippen MR) is 57.8 cm³/mol. The molecule has 0 aliphatic carbocycles. The number of aryl methyl sites for hydroxylation is 1. The minimum Gasteiger partial charge on any atom is -0.475 e. The van der Waals surface area contributed by atoms with Gasteiger partial charge in [0.15, 0.2) is 0 Å². The zero-order valence-electron chi connectivity index (χ0n) is 9.49. The molecule has 0 aliphatic heterocycles. The molecule has 0 aliphatic rings. The Hall–Kier alpha value is -1.40. The summed E-state index contributed by atoms with van der Waals surface area (Å²) >= 11 is 0. The maximum Gasteiger partial charge on any atom is 0.254 e. The Labute approximate surface area is 93.6 Å². The first-order valence-electron chi connectivity index (χ1n) is 5.00. The van der Waals surface area contributed by atoms with Crippen molar-refractivity contribution in [1.29, 1.82) is 0 Å². The molecule has 0 aromatic carbocycles. The van der Waals surface area contributed by atoms with Gasteiger partial charge in [-0.05, 0) is 6.92 Å². The molecule has 0 unspecified atom stereocenters. The SMILES string of the molecule is COCCOCCOc1cc(=O)[nH]c(C)n1. The number of aromatic amines is 1. The van der Waals surface area contributed by atoms with Crippen LogP contribution in [0.5, 0.6) is 5.88 Å². The second-order valence-electron chi connectivity index (χ2n) is 3.12. The van der Waals surface area contributed by atoms with Crippen LogP contribution < -0.4 is 10.3 Å². The van der Waals surface area contributed by atoms with Crippen LogP contribution in [0.4, 0.5) is 0 Å². The Morgan fingerprint density at radius 3 is 2.75 bits per heavy atom. The second kappa shape index (κ2) is 6.97. The second-order valence-corrected chi connectivity index (χ2v) is 3.12. The first-order chi connectivity index (χ1) is 7.72. The van der Waals surface area contributed by atoms with Gasteiger partial charge in [-0.25, -0.2) is 4.98 Å². The number of nitrogens with zero attached hydrogens (tertiary/aromatic N) is 1. The summed E-state index contributed by atoms with van der Waals surface area (Å²) in [5, 5.41) is 0. The van der Waals surface area contributed by atoms with Gasteiger partial charge in [0.05, 0.1) is 25.9 Å². The molecule has 0 amide bonds. The van der Waals surface area contributed by atoms with Crippen molar-refractivity contribution in [2.45, 2.75) is 6.92 Å². The van der Waals surface area contributed by atoms with Crippen LogP contribution in [0.15, 0.2) is 10.9 Å². The van der Waals surface area contributed by atoms with E-state index in [9.17, 15) is 4.79 Å². The van der Waals surface area contributed by atoms with Crippen molar-refractivity contribution in [2.75, 3.05) is 33.5 Å². The van der Waals surface area contributed by atoms with E-state index in [1.54, 1.807) is 14.0 Å². The number of nitrogens with one attached hydrogen (secondary N) is 1. The standard InChI is InChI=1S/C10H16N2O4/c1-8-11-9(13)7-10(12-8)16-6-5-15-4-3-14-2/h7H,3-6H2,1-2H3,(H,11,12,13). The number of H-pyrrole nitrogens is 1. The van der Waals surface area contributed by atoms with Gasteiger partial charge < -0.3 is 19.2 Å². The highest BCUT2D eigenvalue weighted by molar-refractivity contribution is 5.07. The largest absolute Gasteiger partial charge is 0.475 e. The molecule has 90 valence electrons. The molecule has 1 N–H and O–H groups in total. The molecule has 1 aromatic rings. The number of hydrogen-bond donors (Lipinski definition) is 1. The molecule has 16 heavy (non-hydrogen) atoms. The highest BCUT2D eigenvalue weighted by Crippen LogP contribution is 2.00. The van der Waals surface area contributed by atoms with Gasteiger partial charge in [0.2, 0.25) is 5.88 Å². The van der Waals surface area contributed by atoms with Crippen LogP contribution in [0, 0.1) is 6.92 Å². The molecule has 0 saturated carbocycles. The molecule has 1 rings (SSSR count). The minimum absolute atomic E-state index is 0.220. The van der Waals surface area contributed by atoms with E-state index < -0.39 is 0 Å². The van der Waals surface area contributed by atoms with Gasteiger partial charge in [0.1, 0.15) is 12.4 Å². The molecule has 1 aromatic heterocycles. The minimum atomic E-state index is -0.220. The Morgan fingerprint density at radius 2 is 2.06 bits per heavy atom. The average Bonchev–Trinajstić information content (AvgIpc) is 2.22. The van der Waals surface area contributed by atoms with E-state index in [1.165, 1.54) is 6.07 Å². The molecule has 0 spiro atoms. The molecule has 0 saturated heterocycles. The van der Waals surface area contributed by atoms with Crippen LogP contribution in [-0.2, 0) is 9.47 Å². The van der Waals surface area contributed by atoms with Gasteiger partial charge in [0, 0.05) is 7.11 Å². The summed E-state index contributed by atoms with van der Waals surface area (Å²) in [5.41, 5.74) is -0.220. The highest BCUT2D eigenvalue weighted by atomic mass is 16.5. The Balaban J connectivity index is 2.24. The summed E-state index contributed by atoms with van der Waals surface area (Å²) in [6, 6.07) is 1.31. The third-order valence-corrected chi connectivity index (χ3v) is 1.75. The third kappa shape index (κ3) is 4.90. The molecule has 1 heterocycles. The Bertz CT molecular complexity index is 364. The van der Waals surface area contributed by atoms with E-state index in [1.807, 2.05) is 0 Å². The molecule has 0 fully saturated rings. The Kier molecular flexibility index (Phi) is 5.52. The molecule has 6 heteroatoms. The van der Waals surface area contributed by atoms with Gasteiger partial charge in [-0.3, -0.25) is 4.79 Å². The van der Waals surface area contributed by atoms with Crippen LogP contribution in [0.1, 0.15) is 5.82 Å². The van der Waals surface area contributed by atoms with E-state index in [4.69, 9.17) is 14.2 Å². The van der Waals surface area contributed by atoms with Crippen LogP contribution >= 0.6 is 0 Å². The highest BCUT2D eigenvalue weighted by Gasteiger charge is 1.98. The van der Waals surface area contributed by atoms with E-state index in [-0.39, 0.29) is 5.56 Å². The van der Waals surface area contributed by atoms with Crippen molar-refractivity contribution < 1.29 is 14.2 Å². The van der Waals surface area contributed by atoms with Gasteiger partial charge in [-0.1, -0.05) is 0 Å². The smallest absolute Gasteiger partial charge is 0.254 e.